The van der Waals surface area contributed by atoms with Gasteiger partial charge in [-0.15, -0.1) is 0 Å². The molecule has 0 aliphatic heterocycles. The quantitative estimate of drug-likeness (QED) is 0.747. The van der Waals surface area contributed by atoms with Crippen LogP contribution in [0.15, 0.2) is 0 Å². The fraction of sp³-hybridized carbons (Fsp3) is 0.933. The van der Waals surface area contributed by atoms with E-state index in [2.05, 4.69) is 6.92 Å². The highest BCUT2D eigenvalue weighted by Crippen LogP contribution is 2.43. The van der Waals surface area contributed by atoms with Crippen LogP contribution < -0.4 is 0 Å². The Labute approximate surface area is 122 Å². The summed E-state index contributed by atoms with van der Waals surface area (Å²) in [6.07, 6.45) is 6.96. The minimum absolute atomic E-state index is 0.00935. The number of aliphatic carboxylic acids is 1. The van der Waals surface area contributed by atoms with Gasteiger partial charge in [0, 0.05) is 5.75 Å². The third-order valence-electron chi connectivity index (χ3n) is 4.81. The lowest BCUT2D eigenvalue weighted by Crippen LogP contribution is -2.37. The molecule has 0 amide bonds. The minimum atomic E-state index is -3.08. The van der Waals surface area contributed by atoms with Crippen molar-refractivity contribution in [3.8, 4) is 0 Å². The van der Waals surface area contributed by atoms with Gasteiger partial charge in [0.1, 0.15) is 9.84 Å². The van der Waals surface area contributed by atoms with Crippen molar-refractivity contribution in [2.75, 3.05) is 11.5 Å². The molecule has 4 nitrogen and oxygen atoms in total. The zero-order chi connectivity index (χ0) is 15.2. The molecule has 20 heavy (non-hydrogen) atoms. The van der Waals surface area contributed by atoms with Gasteiger partial charge in [-0.3, -0.25) is 4.79 Å². The highest BCUT2D eigenvalue weighted by molar-refractivity contribution is 7.91. The molecule has 1 aliphatic rings. The summed E-state index contributed by atoms with van der Waals surface area (Å²) < 4.78 is 23.2. The third-order valence-corrected chi connectivity index (χ3v) is 6.52. The normalized spacial score (nSPS) is 27.4. The van der Waals surface area contributed by atoms with E-state index in [4.69, 9.17) is 0 Å². The van der Waals surface area contributed by atoms with E-state index in [9.17, 15) is 18.3 Å². The van der Waals surface area contributed by atoms with Gasteiger partial charge >= 0.3 is 5.97 Å². The number of carboxylic acids is 1. The maximum Gasteiger partial charge on any atom is 0.309 e. The lowest BCUT2D eigenvalue weighted by molar-refractivity contribution is -0.151. The Morgan fingerprint density at radius 3 is 2.30 bits per heavy atom. The molecule has 1 rings (SSSR count). The molecule has 0 aromatic carbocycles. The second-order valence-electron chi connectivity index (χ2n) is 6.16. The zero-order valence-corrected chi connectivity index (χ0v) is 13.5. The van der Waals surface area contributed by atoms with E-state index in [1.54, 1.807) is 6.92 Å². The molecule has 0 aromatic rings. The van der Waals surface area contributed by atoms with Crippen LogP contribution >= 0.6 is 0 Å². The van der Waals surface area contributed by atoms with Crippen LogP contribution in [0.5, 0.6) is 0 Å². The first-order valence-electron chi connectivity index (χ1n) is 7.79. The SMILES string of the molecule is CCCCC1CCC(CCS(=O)(=O)CC)(C(=O)O)CC1. The van der Waals surface area contributed by atoms with Crippen molar-refractivity contribution in [1.82, 2.24) is 0 Å². The number of rotatable bonds is 8. The summed E-state index contributed by atoms with van der Waals surface area (Å²) in [6.45, 7) is 3.78. The molecule has 0 heterocycles. The van der Waals surface area contributed by atoms with Crippen LogP contribution in [-0.2, 0) is 14.6 Å². The lowest BCUT2D eigenvalue weighted by Gasteiger charge is -2.37. The van der Waals surface area contributed by atoms with Crippen LogP contribution in [0, 0.1) is 11.3 Å². The summed E-state index contributed by atoms with van der Waals surface area (Å²) in [5, 5.41) is 9.53. The molecule has 0 spiro atoms. The Bertz CT molecular complexity index is 406. The molecule has 1 saturated carbocycles. The van der Waals surface area contributed by atoms with Gasteiger partial charge < -0.3 is 5.11 Å². The van der Waals surface area contributed by atoms with Gasteiger partial charge in [-0.1, -0.05) is 33.1 Å². The van der Waals surface area contributed by atoms with Crippen molar-refractivity contribution in [2.24, 2.45) is 11.3 Å². The molecule has 0 bridgehead atoms. The zero-order valence-electron chi connectivity index (χ0n) is 12.7. The van der Waals surface area contributed by atoms with Crippen molar-refractivity contribution in [3.05, 3.63) is 0 Å². The molecule has 118 valence electrons. The molecule has 0 saturated heterocycles. The van der Waals surface area contributed by atoms with Crippen molar-refractivity contribution >= 4 is 15.8 Å². The number of hydrogen-bond acceptors (Lipinski definition) is 3. The van der Waals surface area contributed by atoms with Crippen molar-refractivity contribution < 1.29 is 18.3 Å². The standard InChI is InChI=1S/C15H28O4S/c1-3-5-6-13-7-9-15(10-8-13,14(16)17)11-12-20(18,19)4-2/h13H,3-12H2,1-2H3,(H,16,17). The first-order chi connectivity index (χ1) is 9.35. The Kier molecular flexibility index (Phi) is 6.49. The lowest BCUT2D eigenvalue weighted by atomic mass is 9.68. The monoisotopic (exact) mass is 304 g/mol. The van der Waals surface area contributed by atoms with Crippen LogP contribution in [-0.4, -0.2) is 31.0 Å². The second kappa shape index (κ2) is 7.43. The molecule has 1 aliphatic carbocycles. The van der Waals surface area contributed by atoms with Crippen LogP contribution in [0.4, 0.5) is 0 Å². The van der Waals surface area contributed by atoms with E-state index in [-0.39, 0.29) is 17.9 Å². The molecule has 0 unspecified atom stereocenters. The molecule has 0 atom stereocenters. The fourth-order valence-electron chi connectivity index (χ4n) is 3.08. The Balaban J connectivity index is 2.61. The molecule has 1 N–H and O–H groups in total. The topological polar surface area (TPSA) is 71.4 Å². The third kappa shape index (κ3) is 4.76. The second-order valence-corrected chi connectivity index (χ2v) is 8.63. The predicted octanol–water partition coefficient (Wildman–Crippen LogP) is 3.26. The largest absolute Gasteiger partial charge is 0.481 e. The summed E-state index contributed by atoms with van der Waals surface area (Å²) in [5.41, 5.74) is -0.801. The average molecular weight is 304 g/mol. The molecular formula is C15H28O4S. The van der Waals surface area contributed by atoms with E-state index in [1.165, 1.54) is 19.3 Å². The van der Waals surface area contributed by atoms with Gasteiger partial charge in [-0.2, -0.15) is 0 Å². The number of unbranched alkanes of at least 4 members (excludes halogenated alkanes) is 1. The van der Waals surface area contributed by atoms with E-state index in [0.717, 1.165) is 12.8 Å². The van der Waals surface area contributed by atoms with Gasteiger partial charge in [0.15, 0.2) is 0 Å². The molecule has 5 heteroatoms. The maximum atomic E-state index is 11.6. The Hall–Kier alpha value is -0.580. The molecule has 0 aromatic heterocycles. The molecule has 0 radical (unpaired) electrons. The van der Waals surface area contributed by atoms with Crippen LogP contribution in [0.3, 0.4) is 0 Å². The van der Waals surface area contributed by atoms with Gasteiger partial charge in [0.2, 0.25) is 0 Å². The van der Waals surface area contributed by atoms with Crippen LogP contribution in [0.25, 0.3) is 0 Å². The van der Waals surface area contributed by atoms with Crippen molar-refractivity contribution in [1.29, 1.82) is 0 Å². The summed E-state index contributed by atoms with van der Waals surface area (Å²) in [5.74, 6) is -0.0694. The van der Waals surface area contributed by atoms with Crippen molar-refractivity contribution in [3.63, 3.8) is 0 Å². The van der Waals surface area contributed by atoms with Gasteiger partial charge in [0.05, 0.1) is 11.2 Å². The summed E-state index contributed by atoms with van der Waals surface area (Å²) in [6, 6.07) is 0. The number of sulfone groups is 1. The molecular weight excluding hydrogens is 276 g/mol. The van der Waals surface area contributed by atoms with Crippen LogP contribution in [0.1, 0.15) is 65.2 Å². The number of hydrogen-bond donors (Lipinski definition) is 1. The van der Waals surface area contributed by atoms with E-state index < -0.39 is 21.2 Å². The summed E-state index contributed by atoms with van der Waals surface area (Å²) >= 11 is 0. The highest BCUT2D eigenvalue weighted by atomic mass is 32.2. The smallest absolute Gasteiger partial charge is 0.309 e. The van der Waals surface area contributed by atoms with Gasteiger partial charge in [0.25, 0.3) is 0 Å². The van der Waals surface area contributed by atoms with Gasteiger partial charge in [-0.05, 0) is 38.0 Å². The number of carbonyl (C=O) groups is 1. The minimum Gasteiger partial charge on any atom is -0.481 e. The van der Waals surface area contributed by atoms with E-state index in [0.29, 0.717) is 18.8 Å². The van der Waals surface area contributed by atoms with E-state index in [1.807, 2.05) is 0 Å². The Morgan fingerprint density at radius 1 is 1.25 bits per heavy atom. The number of carboxylic acid groups (broad SMARTS) is 1. The van der Waals surface area contributed by atoms with Crippen LogP contribution in [0.2, 0.25) is 0 Å². The Morgan fingerprint density at radius 2 is 1.85 bits per heavy atom. The fourth-order valence-corrected chi connectivity index (χ4v) is 4.07. The first kappa shape index (κ1) is 17.5. The highest BCUT2D eigenvalue weighted by Gasteiger charge is 2.42. The first-order valence-corrected chi connectivity index (χ1v) is 9.61. The summed E-state index contributed by atoms with van der Waals surface area (Å²) in [7, 11) is -3.08. The van der Waals surface area contributed by atoms with Crippen molar-refractivity contribution in [2.45, 2.75) is 65.2 Å². The average Bonchev–Trinajstić information content (AvgIpc) is 2.44. The molecule has 1 fully saturated rings. The van der Waals surface area contributed by atoms with Gasteiger partial charge in [-0.25, -0.2) is 8.42 Å². The van der Waals surface area contributed by atoms with E-state index >= 15 is 0 Å². The summed E-state index contributed by atoms with van der Waals surface area (Å²) in [4.78, 5) is 11.6. The predicted molar refractivity (Wildman–Crippen MR) is 80.5 cm³/mol. The maximum absolute atomic E-state index is 11.6.